The highest BCUT2D eigenvalue weighted by atomic mass is 32.2. The third kappa shape index (κ3) is 5.56. The van der Waals surface area contributed by atoms with Crippen LogP contribution < -0.4 is 0 Å². The normalized spacial score (nSPS) is 10.7. The molecule has 0 heterocycles. The first-order chi connectivity index (χ1) is 8.65. The Morgan fingerprint density at radius 3 is 2.56 bits per heavy atom. The van der Waals surface area contributed by atoms with E-state index in [0.29, 0.717) is 6.42 Å². The summed E-state index contributed by atoms with van der Waals surface area (Å²) in [6, 6.07) is 8.59. The quantitative estimate of drug-likeness (QED) is 0.561. The Morgan fingerprint density at radius 2 is 2.00 bits per heavy atom. The second kappa shape index (κ2) is 8.16. The Morgan fingerprint density at radius 1 is 1.33 bits per heavy atom. The van der Waals surface area contributed by atoms with Gasteiger partial charge in [-0.15, -0.1) is 11.8 Å². The van der Waals surface area contributed by atoms with E-state index in [0.717, 1.165) is 19.5 Å². The number of ether oxygens (including phenoxy) is 1. The van der Waals surface area contributed by atoms with Crippen LogP contribution in [0.2, 0.25) is 0 Å². The fourth-order valence-electron chi connectivity index (χ4n) is 1.72. The molecule has 0 aromatic heterocycles. The van der Waals surface area contributed by atoms with E-state index in [4.69, 9.17) is 0 Å². The predicted octanol–water partition coefficient (Wildman–Crippen LogP) is 2.79. The van der Waals surface area contributed by atoms with E-state index in [1.807, 2.05) is 0 Å². The second-order valence-corrected chi connectivity index (χ2v) is 5.15. The highest BCUT2D eigenvalue weighted by Gasteiger charge is 2.03. The van der Waals surface area contributed by atoms with Gasteiger partial charge in [-0.3, -0.25) is 4.79 Å². The number of hydrogen-bond acceptors (Lipinski definition) is 4. The molecule has 100 valence electrons. The highest BCUT2D eigenvalue weighted by Crippen LogP contribution is 2.15. The minimum atomic E-state index is -0.132. The van der Waals surface area contributed by atoms with Crippen molar-refractivity contribution < 1.29 is 9.53 Å². The summed E-state index contributed by atoms with van der Waals surface area (Å²) < 4.78 is 4.62. The Hall–Kier alpha value is -1.00. The van der Waals surface area contributed by atoms with Crippen molar-refractivity contribution in [3.8, 4) is 0 Å². The van der Waals surface area contributed by atoms with Crippen LogP contribution in [0, 0.1) is 0 Å². The molecule has 1 rings (SSSR count). The van der Waals surface area contributed by atoms with Gasteiger partial charge in [0.05, 0.1) is 7.11 Å². The van der Waals surface area contributed by atoms with Crippen LogP contribution in [-0.2, 0) is 16.1 Å². The minimum Gasteiger partial charge on any atom is -0.469 e. The molecule has 0 N–H and O–H groups in total. The zero-order chi connectivity index (χ0) is 13.4. The van der Waals surface area contributed by atoms with Crippen molar-refractivity contribution in [1.82, 2.24) is 4.90 Å². The van der Waals surface area contributed by atoms with Gasteiger partial charge >= 0.3 is 5.97 Å². The summed E-state index contributed by atoms with van der Waals surface area (Å²) in [6.07, 6.45) is 3.41. The van der Waals surface area contributed by atoms with Crippen LogP contribution in [0.3, 0.4) is 0 Å². The fraction of sp³-hybridized carbons (Fsp3) is 0.500. The number of benzene rings is 1. The number of carbonyl (C=O) groups is 1. The maximum Gasteiger partial charge on any atom is 0.305 e. The smallest absolute Gasteiger partial charge is 0.305 e. The first-order valence-corrected chi connectivity index (χ1v) is 7.26. The lowest BCUT2D eigenvalue weighted by Crippen LogP contribution is -2.20. The van der Waals surface area contributed by atoms with Gasteiger partial charge in [0.1, 0.15) is 0 Å². The van der Waals surface area contributed by atoms with Gasteiger partial charge < -0.3 is 9.64 Å². The van der Waals surface area contributed by atoms with Crippen LogP contribution in [-0.4, -0.2) is 37.8 Å². The summed E-state index contributed by atoms with van der Waals surface area (Å²) in [5.74, 6) is -0.132. The lowest BCUT2D eigenvalue weighted by molar-refractivity contribution is -0.140. The van der Waals surface area contributed by atoms with E-state index in [2.05, 4.69) is 47.2 Å². The molecule has 0 saturated heterocycles. The Bertz CT molecular complexity index is 365. The summed E-state index contributed by atoms with van der Waals surface area (Å²) >= 11 is 1.75. The zero-order valence-corrected chi connectivity index (χ0v) is 12.1. The molecule has 18 heavy (non-hydrogen) atoms. The molecule has 0 radical (unpaired) electrons. The van der Waals surface area contributed by atoms with Crippen LogP contribution in [0.1, 0.15) is 18.4 Å². The topological polar surface area (TPSA) is 29.5 Å². The van der Waals surface area contributed by atoms with Crippen molar-refractivity contribution in [3.05, 3.63) is 29.8 Å². The standard InChI is InChI=1S/C14H21NO2S/c1-15(10-4-5-14(16)17-2)11-12-6-8-13(18-3)9-7-12/h6-9H,4-5,10-11H2,1-3H3. The van der Waals surface area contributed by atoms with Gasteiger partial charge in [-0.1, -0.05) is 12.1 Å². The summed E-state index contributed by atoms with van der Waals surface area (Å²) in [5, 5.41) is 0. The molecule has 0 aliphatic heterocycles. The van der Waals surface area contributed by atoms with Crippen molar-refractivity contribution in [1.29, 1.82) is 0 Å². The van der Waals surface area contributed by atoms with Crippen molar-refractivity contribution in [2.24, 2.45) is 0 Å². The average Bonchev–Trinajstić information content (AvgIpc) is 2.39. The summed E-state index contributed by atoms with van der Waals surface area (Å²) in [7, 11) is 3.50. The molecule has 0 atom stereocenters. The first-order valence-electron chi connectivity index (χ1n) is 6.04. The van der Waals surface area contributed by atoms with E-state index in [-0.39, 0.29) is 5.97 Å². The molecule has 0 aliphatic carbocycles. The minimum absolute atomic E-state index is 0.132. The lowest BCUT2D eigenvalue weighted by atomic mass is 10.2. The maximum absolute atomic E-state index is 11.0. The Kier molecular flexibility index (Phi) is 6.83. The molecule has 0 saturated carbocycles. The number of rotatable bonds is 7. The van der Waals surface area contributed by atoms with E-state index in [1.54, 1.807) is 11.8 Å². The predicted molar refractivity (Wildman–Crippen MR) is 75.8 cm³/mol. The van der Waals surface area contributed by atoms with Crippen molar-refractivity contribution in [2.45, 2.75) is 24.3 Å². The second-order valence-electron chi connectivity index (χ2n) is 4.27. The molecule has 0 fully saturated rings. The molecular formula is C14H21NO2S. The Balaban J connectivity index is 2.30. The average molecular weight is 267 g/mol. The molecule has 0 unspecified atom stereocenters. The van der Waals surface area contributed by atoms with E-state index < -0.39 is 0 Å². The number of methoxy groups -OCH3 is 1. The van der Waals surface area contributed by atoms with Gasteiger partial charge in [-0.25, -0.2) is 0 Å². The van der Waals surface area contributed by atoms with Gasteiger partial charge in [0.2, 0.25) is 0 Å². The largest absolute Gasteiger partial charge is 0.469 e. The van der Waals surface area contributed by atoms with Crippen molar-refractivity contribution in [2.75, 3.05) is 27.0 Å². The lowest BCUT2D eigenvalue weighted by Gasteiger charge is -2.16. The summed E-state index contributed by atoms with van der Waals surface area (Å²) in [4.78, 5) is 14.5. The first kappa shape index (κ1) is 15.1. The van der Waals surface area contributed by atoms with E-state index in [1.165, 1.54) is 17.6 Å². The van der Waals surface area contributed by atoms with E-state index >= 15 is 0 Å². The molecular weight excluding hydrogens is 246 g/mol. The molecule has 0 spiro atoms. The number of nitrogens with zero attached hydrogens (tertiary/aromatic N) is 1. The molecule has 0 bridgehead atoms. The van der Waals surface area contributed by atoms with Gasteiger partial charge in [-0.05, 0) is 44.0 Å². The third-order valence-electron chi connectivity index (χ3n) is 2.76. The van der Waals surface area contributed by atoms with E-state index in [9.17, 15) is 4.79 Å². The van der Waals surface area contributed by atoms with Gasteiger partial charge in [0.15, 0.2) is 0 Å². The summed E-state index contributed by atoms with van der Waals surface area (Å²) in [5.41, 5.74) is 1.30. The maximum atomic E-state index is 11.0. The highest BCUT2D eigenvalue weighted by molar-refractivity contribution is 7.98. The monoisotopic (exact) mass is 267 g/mol. The van der Waals surface area contributed by atoms with Crippen molar-refractivity contribution >= 4 is 17.7 Å². The summed E-state index contributed by atoms with van der Waals surface area (Å²) in [6.45, 7) is 1.81. The van der Waals surface area contributed by atoms with Crippen LogP contribution in [0.4, 0.5) is 0 Å². The molecule has 0 amide bonds. The van der Waals surface area contributed by atoms with Gasteiger partial charge in [-0.2, -0.15) is 0 Å². The van der Waals surface area contributed by atoms with Crippen LogP contribution in [0.15, 0.2) is 29.2 Å². The van der Waals surface area contributed by atoms with Gasteiger partial charge in [0, 0.05) is 17.9 Å². The van der Waals surface area contributed by atoms with Gasteiger partial charge in [0.25, 0.3) is 0 Å². The number of hydrogen-bond donors (Lipinski definition) is 0. The molecule has 4 heteroatoms. The van der Waals surface area contributed by atoms with Crippen LogP contribution >= 0.6 is 11.8 Å². The molecule has 1 aromatic rings. The fourth-order valence-corrected chi connectivity index (χ4v) is 2.13. The van der Waals surface area contributed by atoms with Crippen LogP contribution in [0.5, 0.6) is 0 Å². The van der Waals surface area contributed by atoms with Crippen LogP contribution in [0.25, 0.3) is 0 Å². The third-order valence-corrected chi connectivity index (χ3v) is 3.50. The number of esters is 1. The molecule has 1 aromatic carbocycles. The SMILES string of the molecule is COC(=O)CCCN(C)Cc1ccc(SC)cc1. The van der Waals surface area contributed by atoms with Crippen molar-refractivity contribution in [3.63, 3.8) is 0 Å². The number of carbonyl (C=O) groups excluding carboxylic acids is 1. The molecule has 3 nitrogen and oxygen atoms in total. The zero-order valence-electron chi connectivity index (χ0n) is 11.3. The molecule has 0 aliphatic rings. The number of thioether (sulfide) groups is 1. The Labute approximate surface area is 114 Å².